The number of hydrogen-bond acceptors (Lipinski definition) is 2. The van der Waals surface area contributed by atoms with Crippen molar-refractivity contribution in [1.29, 1.82) is 0 Å². The van der Waals surface area contributed by atoms with Crippen molar-refractivity contribution in [1.82, 2.24) is 0 Å². The Morgan fingerprint density at radius 2 is 2.12 bits per heavy atom. The number of rotatable bonds is 5. The molecule has 1 amide bonds. The Balaban J connectivity index is 3.15. The lowest BCUT2D eigenvalue weighted by atomic mass is 10.1. The van der Waals surface area contributed by atoms with E-state index in [-0.39, 0.29) is 0 Å². The van der Waals surface area contributed by atoms with Gasteiger partial charge in [0.1, 0.15) is 0 Å². The monoisotopic (exact) mass is 218 g/mol. The van der Waals surface area contributed by atoms with Crippen molar-refractivity contribution in [3.63, 3.8) is 0 Å². The normalized spacial score (nSPS) is 11.3. The number of benzene rings is 1. The number of aliphatic imine (C=N–C) groups is 1. The largest absolute Gasteiger partial charge is 0.314 e. The quantitative estimate of drug-likeness (QED) is 0.552. The summed E-state index contributed by atoms with van der Waals surface area (Å²) < 4.78 is 0. The second kappa shape index (κ2) is 6.05. The summed E-state index contributed by atoms with van der Waals surface area (Å²) in [4.78, 5) is 16.9. The third-order valence-corrected chi connectivity index (χ3v) is 2.53. The minimum Gasteiger partial charge on any atom is -0.314 e. The Morgan fingerprint density at radius 3 is 2.69 bits per heavy atom. The predicted molar refractivity (Wildman–Crippen MR) is 68.3 cm³/mol. The lowest BCUT2D eigenvalue weighted by Gasteiger charge is -2.19. The van der Waals surface area contributed by atoms with Crippen LogP contribution in [-0.4, -0.2) is 25.7 Å². The first kappa shape index (κ1) is 12.4. The van der Waals surface area contributed by atoms with Gasteiger partial charge in [0, 0.05) is 24.9 Å². The fraction of sp³-hybridized carbons (Fsp3) is 0.385. The van der Waals surface area contributed by atoms with Crippen molar-refractivity contribution in [3.05, 3.63) is 29.8 Å². The predicted octanol–water partition coefficient (Wildman–Crippen LogP) is 2.50. The van der Waals surface area contributed by atoms with E-state index in [0.29, 0.717) is 0 Å². The third-order valence-electron chi connectivity index (χ3n) is 2.53. The zero-order valence-electron chi connectivity index (χ0n) is 10.1. The van der Waals surface area contributed by atoms with Gasteiger partial charge in [0.25, 0.3) is 0 Å². The van der Waals surface area contributed by atoms with Gasteiger partial charge in [-0.1, -0.05) is 25.1 Å². The van der Waals surface area contributed by atoms with Crippen LogP contribution in [0, 0.1) is 0 Å². The molecule has 0 aliphatic carbocycles. The molecule has 0 aliphatic heterocycles. The average molecular weight is 218 g/mol. The maximum Gasteiger partial charge on any atom is 0.214 e. The van der Waals surface area contributed by atoms with Crippen LogP contribution in [0.5, 0.6) is 0 Å². The molecule has 0 aliphatic rings. The minimum atomic E-state index is 0.734. The van der Waals surface area contributed by atoms with Crippen LogP contribution < -0.4 is 4.90 Å². The first-order chi connectivity index (χ1) is 7.74. The van der Waals surface area contributed by atoms with Crippen molar-refractivity contribution in [2.24, 2.45) is 4.99 Å². The van der Waals surface area contributed by atoms with E-state index < -0.39 is 0 Å². The maximum absolute atomic E-state index is 11.0. The number of anilines is 1. The van der Waals surface area contributed by atoms with E-state index in [1.807, 2.05) is 31.2 Å². The molecular weight excluding hydrogens is 200 g/mol. The van der Waals surface area contributed by atoms with Crippen molar-refractivity contribution in [3.8, 4) is 0 Å². The van der Waals surface area contributed by atoms with Crippen LogP contribution >= 0.6 is 0 Å². The summed E-state index contributed by atoms with van der Waals surface area (Å²) in [5.41, 5.74) is 2.89. The fourth-order valence-electron chi connectivity index (χ4n) is 1.62. The summed E-state index contributed by atoms with van der Waals surface area (Å²) in [6.07, 6.45) is 1.82. The molecule has 0 fully saturated rings. The number of carbonyl (C=O) groups excluding carboxylic acids is 1. The highest BCUT2D eigenvalue weighted by Crippen LogP contribution is 2.20. The summed E-state index contributed by atoms with van der Waals surface area (Å²) in [5.74, 6) is 0. The lowest BCUT2D eigenvalue weighted by molar-refractivity contribution is -0.107. The van der Waals surface area contributed by atoms with Gasteiger partial charge in [0.15, 0.2) is 0 Å². The number of hydrogen-bond donors (Lipinski definition) is 0. The smallest absolute Gasteiger partial charge is 0.214 e. The molecule has 0 aromatic heterocycles. The van der Waals surface area contributed by atoms with E-state index in [1.165, 1.54) is 0 Å². The van der Waals surface area contributed by atoms with Crippen molar-refractivity contribution in [2.45, 2.75) is 20.3 Å². The van der Waals surface area contributed by atoms with Crippen LogP contribution in [0.1, 0.15) is 25.8 Å². The van der Waals surface area contributed by atoms with E-state index in [2.05, 4.69) is 11.9 Å². The molecule has 0 atom stereocenters. The van der Waals surface area contributed by atoms with Crippen LogP contribution in [0.4, 0.5) is 5.69 Å². The number of para-hydroxylation sites is 1. The number of amides is 1. The number of carbonyl (C=O) groups is 1. The lowest BCUT2D eigenvalue weighted by Crippen LogP contribution is -2.23. The molecule has 0 heterocycles. The Morgan fingerprint density at radius 1 is 1.44 bits per heavy atom. The summed E-state index contributed by atoms with van der Waals surface area (Å²) in [6, 6.07) is 7.84. The van der Waals surface area contributed by atoms with Gasteiger partial charge in [-0.25, -0.2) is 0 Å². The van der Waals surface area contributed by atoms with Gasteiger partial charge < -0.3 is 4.90 Å². The molecule has 1 aromatic rings. The molecule has 0 spiro atoms. The molecule has 16 heavy (non-hydrogen) atoms. The Labute approximate surface area is 96.8 Å². The molecule has 0 bridgehead atoms. The van der Waals surface area contributed by atoms with E-state index in [9.17, 15) is 4.79 Å². The zero-order chi connectivity index (χ0) is 12.0. The van der Waals surface area contributed by atoms with Crippen LogP contribution in [-0.2, 0) is 4.79 Å². The summed E-state index contributed by atoms with van der Waals surface area (Å²) >= 11 is 0. The highest BCUT2D eigenvalue weighted by atomic mass is 16.1. The van der Waals surface area contributed by atoms with E-state index in [4.69, 9.17) is 0 Å². The van der Waals surface area contributed by atoms with Crippen LogP contribution in [0.3, 0.4) is 0 Å². The summed E-state index contributed by atoms with van der Waals surface area (Å²) in [7, 11) is 1.76. The van der Waals surface area contributed by atoms with Crippen LogP contribution in [0.25, 0.3) is 0 Å². The van der Waals surface area contributed by atoms with Crippen molar-refractivity contribution in [2.75, 3.05) is 18.5 Å². The Bertz CT molecular complexity index is 385. The molecule has 1 aromatic carbocycles. The SMILES string of the molecule is CCCN(C=O)c1ccccc1C(C)=NC. The van der Waals surface area contributed by atoms with Gasteiger partial charge in [-0.05, 0) is 19.4 Å². The molecule has 3 heteroatoms. The second-order valence-electron chi connectivity index (χ2n) is 3.62. The van der Waals surface area contributed by atoms with Gasteiger partial charge in [-0.2, -0.15) is 0 Å². The molecule has 1 rings (SSSR count). The number of nitrogens with zero attached hydrogens (tertiary/aromatic N) is 2. The Hall–Kier alpha value is -1.64. The first-order valence-corrected chi connectivity index (χ1v) is 5.49. The summed E-state index contributed by atoms with van der Waals surface area (Å²) in [5, 5.41) is 0. The standard InChI is InChI=1S/C13H18N2O/c1-4-9-15(10-16)13-8-6-5-7-12(13)11(2)14-3/h5-8,10H,4,9H2,1-3H3. The zero-order valence-corrected chi connectivity index (χ0v) is 10.1. The molecule has 0 N–H and O–H groups in total. The van der Waals surface area contributed by atoms with E-state index in [0.717, 1.165) is 36.3 Å². The topological polar surface area (TPSA) is 32.7 Å². The van der Waals surface area contributed by atoms with Crippen LogP contribution in [0.15, 0.2) is 29.3 Å². The molecular formula is C13H18N2O. The Kier molecular flexibility index (Phi) is 4.70. The second-order valence-corrected chi connectivity index (χ2v) is 3.62. The van der Waals surface area contributed by atoms with E-state index >= 15 is 0 Å². The minimum absolute atomic E-state index is 0.734. The summed E-state index contributed by atoms with van der Waals surface area (Å²) in [6.45, 7) is 4.74. The highest BCUT2D eigenvalue weighted by molar-refractivity contribution is 6.05. The molecule has 0 radical (unpaired) electrons. The third kappa shape index (κ3) is 2.69. The maximum atomic E-state index is 11.0. The molecule has 3 nitrogen and oxygen atoms in total. The van der Waals surface area contributed by atoms with Gasteiger partial charge in [-0.3, -0.25) is 9.79 Å². The average Bonchev–Trinajstić information content (AvgIpc) is 2.35. The fourth-order valence-corrected chi connectivity index (χ4v) is 1.62. The van der Waals surface area contributed by atoms with Gasteiger partial charge in [0.05, 0.1) is 5.69 Å². The van der Waals surface area contributed by atoms with E-state index in [1.54, 1.807) is 11.9 Å². The van der Waals surface area contributed by atoms with Gasteiger partial charge >= 0.3 is 0 Å². The molecule has 0 saturated heterocycles. The van der Waals surface area contributed by atoms with Crippen molar-refractivity contribution < 1.29 is 4.79 Å². The van der Waals surface area contributed by atoms with Crippen molar-refractivity contribution >= 4 is 17.8 Å². The first-order valence-electron chi connectivity index (χ1n) is 5.49. The highest BCUT2D eigenvalue weighted by Gasteiger charge is 2.10. The van der Waals surface area contributed by atoms with Gasteiger partial charge in [-0.15, -0.1) is 0 Å². The molecule has 0 unspecified atom stereocenters. The molecule has 86 valence electrons. The molecule has 0 saturated carbocycles. The van der Waals surface area contributed by atoms with Gasteiger partial charge in [0.2, 0.25) is 6.41 Å². The van der Waals surface area contributed by atoms with Crippen LogP contribution in [0.2, 0.25) is 0 Å².